The molecular weight excluding hydrogens is 342 g/mol. The minimum Gasteiger partial charge on any atom is -0.378 e. The average Bonchev–Trinajstić information content (AvgIpc) is 2.85. The number of ether oxygens (including phenoxy) is 1. The fourth-order valence-corrected chi connectivity index (χ4v) is 4.16. The fourth-order valence-electron chi connectivity index (χ4n) is 2.52. The summed E-state index contributed by atoms with van der Waals surface area (Å²) in [6, 6.07) is 1.61. The van der Waals surface area contributed by atoms with Gasteiger partial charge in [-0.15, -0.1) is 11.3 Å². The first-order chi connectivity index (χ1) is 9.54. The molecule has 1 aliphatic heterocycles. The summed E-state index contributed by atoms with van der Waals surface area (Å²) in [5.74, 6) is -0.353. The summed E-state index contributed by atoms with van der Waals surface area (Å²) in [7, 11) is 0. The van der Waals surface area contributed by atoms with Crippen molar-refractivity contribution < 1.29 is 9.53 Å². The van der Waals surface area contributed by atoms with Crippen LogP contribution in [0.2, 0.25) is 0 Å². The number of hydrogen-bond acceptors (Lipinski definition) is 5. The van der Waals surface area contributed by atoms with Crippen LogP contribution in [0.5, 0.6) is 0 Å². The van der Waals surface area contributed by atoms with Crippen molar-refractivity contribution in [3.63, 3.8) is 0 Å². The van der Waals surface area contributed by atoms with Gasteiger partial charge in [0.05, 0.1) is 19.3 Å². The second kappa shape index (κ2) is 7.00. The topological polar surface area (TPSA) is 81.6 Å². The van der Waals surface area contributed by atoms with E-state index in [0.717, 1.165) is 15.8 Å². The maximum atomic E-state index is 11.7. The number of carbonyl (C=O) groups is 1. The number of hydrogen-bond donors (Lipinski definition) is 2. The van der Waals surface area contributed by atoms with E-state index in [1.807, 2.05) is 5.38 Å². The normalized spacial score (nSPS) is 23.4. The van der Waals surface area contributed by atoms with Crippen LogP contribution in [0.3, 0.4) is 0 Å². The first kappa shape index (κ1) is 15.9. The van der Waals surface area contributed by atoms with Gasteiger partial charge in [0, 0.05) is 27.3 Å². The summed E-state index contributed by atoms with van der Waals surface area (Å²) < 4.78 is 6.43. The predicted octanol–water partition coefficient (Wildman–Crippen LogP) is 1.48. The van der Waals surface area contributed by atoms with Crippen molar-refractivity contribution >= 4 is 33.2 Å². The number of carbonyl (C=O) groups excluding carboxylic acids is 1. The first-order valence-corrected chi connectivity index (χ1v) is 8.34. The van der Waals surface area contributed by atoms with E-state index in [0.29, 0.717) is 19.8 Å². The smallest absolute Gasteiger partial charge is 0.237 e. The lowest BCUT2D eigenvalue weighted by Gasteiger charge is -2.41. The number of amides is 1. The van der Waals surface area contributed by atoms with Gasteiger partial charge in [0.25, 0.3) is 0 Å². The number of halogens is 1. The van der Waals surface area contributed by atoms with Crippen LogP contribution in [-0.2, 0) is 9.53 Å². The van der Waals surface area contributed by atoms with Crippen LogP contribution >= 0.6 is 27.3 Å². The summed E-state index contributed by atoms with van der Waals surface area (Å²) in [5.41, 5.74) is 11.8. The van der Waals surface area contributed by atoms with E-state index in [4.69, 9.17) is 16.2 Å². The lowest BCUT2D eigenvalue weighted by molar-refractivity contribution is -0.131. The van der Waals surface area contributed by atoms with Crippen molar-refractivity contribution in [1.82, 2.24) is 4.90 Å². The van der Waals surface area contributed by atoms with Crippen molar-refractivity contribution in [3.05, 3.63) is 20.8 Å². The van der Waals surface area contributed by atoms with E-state index in [-0.39, 0.29) is 18.0 Å². The van der Waals surface area contributed by atoms with Crippen LogP contribution in [0.25, 0.3) is 0 Å². The molecule has 1 fully saturated rings. The summed E-state index contributed by atoms with van der Waals surface area (Å²) in [4.78, 5) is 14.9. The molecule has 7 heteroatoms. The third-order valence-corrected chi connectivity index (χ3v) is 5.38. The molecule has 20 heavy (non-hydrogen) atoms. The van der Waals surface area contributed by atoms with E-state index in [2.05, 4.69) is 33.8 Å². The van der Waals surface area contributed by atoms with Crippen molar-refractivity contribution in [2.45, 2.75) is 31.5 Å². The van der Waals surface area contributed by atoms with Gasteiger partial charge in [0.2, 0.25) is 5.91 Å². The highest BCUT2D eigenvalue weighted by molar-refractivity contribution is 9.10. The molecule has 0 saturated carbocycles. The second-order valence-corrected chi connectivity index (χ2v) is 6.77. The maximum Gasteiger partial charge on any atom is 0.237 e. The zero-order valence-corrected chi connectivity index (χ0v) is 13.8. The van der Waals surface area contributed by atoms with Crippen molar-refractivity contribution in [1.29, 1.82) is 0 Å². The molecule has 0 bridgehead atoms. The molecule has 2 rings (SSSR count). The monoisotopic (exact) mass is 361 g/mol. The molecule has 3 atom stereocenters. The van der Waals surface area contributed by atoms with Gasteiger partial charge in [-0.05, 0) is 28.4 Å². The van der Waals surface area contributed by atoms with Crippen LogP contribution in [0.1, 0.15) is 24.3 Å². The Morgan fingerprint density at radius 1 is 1.70 bits per heavy atom. The van der Waals surface area contributed by atoms with Crippen LogP contribution in [0.15, 0.2) is 15.9 Å². The molecule has 3 unspecified atom stereocenters. The molecule has 2 heterocycles. The van der Waals surface area contributed by atoms with E-state index >= 15 is 0 Å². The number of thiophene rings is 1. The number of nitrogens with two attached hydrogens (primary N) is 2. The zero-order chi connectivity index (χ0) is 14.7. The van der Waals surface area contributed by atoms with Crippen molar-refractivity contribution in [2.75, 3.05) is 19.8 Å². The number of primary amides is 1. The lowest BCUT2D eigenvalue weighted by Crippen LogP contribution is -2.56. The molecule has 1 aromatic rings. The van der Waals surface area contributed by atoms with Crippen LogP contribution in [0.4, 0.5) is 0 Å². The van der Waals surface area contributed by atoms with E-state index in [9.17, 15) is 4.79 Å². The summed E-state index contributed by atoms with van der Waals surface area (Å²) in [6.45, 7) is 3.67. The molecule has 1 aromatic heterocycles. The highest BCUT2D eigenvalue weighted by Crippen LogP contribution is 2.34. The molecule has 1 saturated heterocycles. The Hall–Kier alpha value is -0.470. The minimum atomic E-state index is -0.410. The van der Waals surface area contributed by atoms with Gasteiger partial charge in [-0.3, -0.25) is 9.69 Å². The SMILES string of the molecule is CCC(N)C(c1cc(Br)cs1)N1CCOCC1C(N)=O. The van der Waals surface area contributed by atoms with Gasteiger partial charge in [-0.2, -0.15) is 0 Å². The van der Waals surface area contributed by atoms with Gasteiger partial charge in [-0.25, -0.2) is 0 Å². The Labute approximate surface area is 131 Å². The Morgan fingerprint density at radius 3 is 3.00 bits per heavy atom. The van der Waals surface area contributed by atoms with Gasteiger partial charge in [0.1, 0.15) is 6.04 Å². The first-order valence-electron chi connectivity index (χ1n) is 6.67. The molecule has 0 aliphatic carbocycles. The highest BCUT2D eigenvalue weighted by atomic mass is 79.9. The average molecular weight is 362 g/mol. The molecule has 1 amide bonds. The largest absolute Gasteiger partial charge is 0.378 e. The summed E-state index contributed by atoms with van der Waals surface area (Å²) in [6.07, 6.45) is 0.836. The van der Waals surface area contributed by atoms with Gasteiger partial charge < -0.3 is 16.2 Å². The molecule has 4 N–H and O–H groups in total. The van der Waals surface area contributed by atoms with E-state index in [1.54, 1.807) is 11.3 Å². The predicted molar refractivity (Wildman–Crippen MR) is 83.5 cm³/mol. The third-order valence-electron chi connectivity index (χ3n) is 3.61. The van der Waals surface area contributed by atoms with Crippen molar-refractivity contribution in [2.24, 2.45) is 11.5 Å². The quantitative estimate of drug-likeness (QED) is 0.831. The lowest BCUT2D eigenvalue weighted by atomic mass is 10.00. The summed E-state index contributed by atoms with van der Waals surface area (Å²) >= 11 is 5.12. The Kier molecular flexibility index (Phi) is 5.57. The van der Waals surface area contributed by atoms with E-state index in [1.165, 1.54) is 0 Å². The van der Waals surface area contributed by atoms with Gasteiger partial charge >= 0.3 is 0 Å². The Balaban J connectivity index is 2.31. The highest BCUT2D eigenvalue weighted by Gasteiger charge is 2.36. The van der Waals surface area contributed by atoms with Crippen molar-refractivity contribution in [3.8, 4) is 0 Å². The Bertz CT molecular complexity index is 468. The molecule has 1 aliphatic rings. The molecule has 112 valence electrons. The molecular formula is C13H20BrN3O2S. The minimum absolute atomic E-state index is 0.00213. The molecule has 0 aromatic carbocycles. The number of nitrogens with zero attached hydrogens (tertiary/aromatic N) is 1. The second-order valence-electron chi connectivity index (χ2n) is 4.92. The molecule has 0 spiro atoms. The van der Waals surface area contributed by atoms with Crippen LogP contribution < -0.4 is 11.5 Å². The third kappa shape index (κ3) is 3.40. The molecule has 0 radical (unpaired) electrons. The standard InChI is InChI=1S/C13H20BrN3O2S/c1-2-9(15)12(11-5-8(14)7-20-11)17-3-4-19-6-10(17)13(16)18/h5,7,9-10,12H,2-4,6,15H2,1H3,(H2,16,18). The van der Waals surface area contributed by atoms with Crippen LogP contribution in [0, 0.1) is 0 Å². The summed E-state index contributed by atoms with van der Waals surface area (Å²) in [5, 5.41) is 2.03. The van der Waals surface area contributed by atoms with E-state index < -0.39 is 6.04 Å². The van der Waals surface area contributed by atoms with Gasteiger partial charge in [-0.1, -0.05) is 6.92 Å². The fraction of sp³-hybridized carbons (Fsp3) is 0.615. The van der Waals surface area contributed by atoms with Crippen LogP contribution in [-0.4, -0.2) is 42.6 Å². The number of morpholine rings is 1. The zero-order valence-electron chi connectivity index (χ0n) is 11.4. The maximum absolute atomic E-state index is 11.7. The number of rotatable bonds is 5. The van der Waals surface area contributed by atoms with Gasteiger partial charge in [0.15, 0.2) is 0 Å². The Morgan fingerprint density at radius 2 is 2.45 bits per heavy atom. The molecule has 5 nitrogen and oxygen atoms in total.